The molecule has 66 valence electrons. The van der Waals surface area contributed by atoms with E-state index in [0.29, 0.717) is 19.1 Å². The molecule has 0 saturated heterocycles. The first kappa shape index (κ1) is 10.3. The number of rotatable bonds is 4. The second kappa shape index (κ2) is 6.01. The standard InChI is InChI=1S/C8H16O3/c1-4-7(3)6-11-8(9)10-5-2/h7H,4-6H2,1-3H3. The van der Waals surface area contributed by atoms with E-state index in [0.717, 1.165) is 6.42 Å². The largest absolute Gasteiger partial charge is 0.508 e. The van der Waals surface area contributed by atoms with Gasteiger partial charge in [0.1, 0.15) is 0 Å². The molecule has 0 aliphatic rings. The van der Waals surface area contributed by atoms with Crippen molar-refractivity contribution < 1.29 is 14.3 Å². The highest BCUT2D eigenvalue weighted by atomic mass is 16.7. The van der Waals surface area contributed by atoms with E-state index in [2.05, 4.69) is 11.7 Å². The second-order valence-corrected chi connectivity index (χ2v) is 2.51. The van der Waals surface area contributed by atoms with E-state index in [1.54, 1.807) is 6.92 Å². The summed E-state index contributed by atoms with van der Waals surface area (Å²) in [5, 5.41) is 0. The maximum Gasteiger partial charge on any atom is 0.508 e. The molecular formula is C8H16O3. The van der Waals surface area contributed by atoms with Gasteiger partial charge in [-0.3, -0.25) is 0 Å². The van der Waals surface area contributed by atoms with Crippen LogP contribution >= 0.6 is 0 Å². The third kappa shape index (κ3) is 5.70. The molecule has 0 aromatic heterocycles. The summed E-state index contributed by atoms with van der Waals surface area (Å²) in [5.74, 6) is 0.416. The first-order valence-electron chi connectivity index (χ1n) is 4.00. The molecular weight excluding hydrogens is 144 g/mol. The molecule has 0 saturated carbocycles. The van der Waals surface area contributed by atoms with E-state index in [4.69, 9.17) is 4.74 Å². The Morgan fingerprint density at radius 3 is 2.45 bits per heavy atom. The lowest BCUT2D eigenvalue weighted by atomic mass is 10.1. The maximum absolute atomic E-state index is 10.6. The van der Waals surface area contributed by atoms with Crippen LogP contribution in [0.5, 0.6) is 0 Å². The van der Waals surface area contributed by atoms with Crippen LogP contribution in [0.3, 0.4) is 0 Å². The minimum absolute atomic E-state index is 0.374. The lowest BCUT2D eigenvalue weighted by molar-refractivity contribution is 0.0491. The van der Waals surface area contributed by atoms with Crippen molar-refractivity contribution in [3.63, 3.8) is 0 Å². The van der Waals surface area contributed by atoms with E-state index in [1.165, 1.54) is 0 Å². The van der Waals surface area contributed by atoms with Gasteiger partial charge >= 0.3 is 6.16 Å². The van der Waals surface area contributed by atoms with Gasteiger partial charge in [0.05, 0.1) is 13.2 Å². The molecule has 3 heteroatoms. The topological polar surface area (TPSA) is 35.5 Å². The average Bonchev–Trinajstić information content (AvgIpc) is 2.01. The van der Waals surface area contributed by atoms with Gasteiger partial charge in [-0.2, -0.15) is 0 Å². The van der Waals surface area contributed by atoms with Crippen molar-refractivity contribution >= 4 is 6.16 Å². The van der Waals surface area contributed by atoms with Crippen LogP contribution in [0.4, 0.5) is 4.79 Å². The molecule has 0 spiro atoms. The van der Waals surface area contributed by atoms with Crippen LogP contribution in [0.25, 0.3) is 0 Å². The zero-order valence-electron chi connectivity index (χ0n) is 7.42. The Hall–Kier alpha value is -0.730. The number of carbonyl (C=O) groups is 1. The molecule has 1 unspecified atom stereocenters. The molecule has 0 radical (unpaired) electrons. The summed E-state index contributed by atoms with van der Waals surface area (Å²) in [5.41, 5.74) is 0. The molecule has 0 N–H and O–H groups in total. The van der Waals surface area contributed by atoms with Crippen molar-refractivity contribution in [2.45, 2.75) is 27.2 Å². The fourth-order valence-corrected chi connectivity index (χ4v) is 0.488. The molecule has 1 atom stereocenters. The summed E-state index contributed by atoms with van der Waals surface area (Å²) in [6.45, 7) is 6.66. The predicted octanol–water partition coefficient (Wildman–Crippen LogP) is 2.21. The third-order valence-corrected chi connectivity index (χ3v) is 1.44. The molecule has 0 aliphatic carbocycles. The molecule has 3 nitrogen and oxygen atoms in total. The number of ether oxygens (including phenoxy) is 2. The molecule has 11 heavy (non-hydrogen) atoms. The highest BCUT2D eigenvalue weighted by Gasteiger charge is 2.04. The Morgan fingerprint density at radius 2 is 2.00 bits per heavy atom. The van der Waals surface area contributed by atoms with Crippen molar-refractivity contribution in [2.75, 3.05) is 13.2 Å². The molecule has 0 aromatic rings. The van der Waals surface area contributed by atoms with Gasteiger partial charge in [-0.1, -0.05) is 20.3 Å². The summed E-state index contributed by atoms with van der Waals surface area (Å²) < 4.78 is 9.35. The van der Waals surface area contributed by atoms with Crippen molar-refractivity contribution in [3.05, 3.63) is 0 Å². The summed E-state index contributed by atoms with van der Waals surface area (Å²) >= 11 is 0. The molecule has 0 aliphatic heterocycles. The molecule has 0 amide bonds. The molecule has 0 rings (SSSR count). The van der Waals surface area contributed by atoms with Gasteiger partial charge < -0.3 is 9.47 Å². The van der Waals surface area contributed by atoms with Crippen LogP contribution in [0, 0.1) is 5.92 Å². The molecule has 0 heterocycles. The van der Waals surface area contributed by atoms with Crippen molar-refractivity contribution in [1.29, 1.82) is 0 Å². The minimum atomic E-state index is -0.562. The number of hydrogen-bond acceptors (Lipinski definition) is 3. The van der Waals surface area contributed by atoms with Gasteiger partial charge in [-0.15, -0.1) is 0 Å². The first-order valence-corrected chi connectivity index (χ1v) is 4.00. The van der Waals surface area contributed by atoms with E-state index >= 15 is 0 Å². The average molecular weight is 160 g/mol. The van der Waals surface area contributed by atoms with Gasteiger partial charge in [0.2, 0.25) is 0 Å². The lowest BCUT2D eigenvalue weighted by Crippen LogP contribution is -2.12. The third-order valence-electron chi connectivity index (χ3n) is 1.44. The van der Waals surface area contributed by atoms with Crippen LogP contribution in [0.15, 0.2) is 0 Å². The Bertz CT molecular complexity index is 112. The van der Waals surface area contributed by atoms with Crippen LogP contribution in [-0.2, 0) is 9.47 Å². The predicted molar refractivity (Wildman–Crippen MR) is 42.4 cm³/mol. The fraction of sp³-hybridized carbons (Fsp3) is 0.875. The Kier molecular flexibility index (Phi) is 5.61. The minimum Gasteiger partial charge on any atom is -0.435 e. The monoisotopic (exact) mass is 160 g/mol. The summed E-state index contributed by atoms with van der Waals surface area (Å²) in [4.78, 5) is 10.6. The highest BCUT2D eigenvalue weighted by molar-refractivity contribution is 5.59. The van der Waals surface area contributed by atoms with Gasteiger partial charge in [-0.05, 0) is 12.8 Å². The Balaban J connectivity index is 3.30. The van der Waals surface area contributed by atoms with E-state index in [1.807, 2.05) is 6.92 Å². The van der Waals surface area contributed by atoms with Gasteiger partial charge in [-0.25, -0.2) is 4.79 Å². The normalized spacial score (nSPS) is 12.3. The lowest BCUT2D eigenvalue weighted by Gasteiger charge is -2.08. The zero-order chi connectivity index (χ0) is 8.69. The maximum atomic E-state index is 10.6. The Morgan fingerprint density at radius 1 is 1.36 bits per heavy atom. The van der Waals surface area contributed by atoms with Crippen LogP contribution in [0.2, 0.25) is 0 Å². The van der Waals surface area contributed by atoms with E-state index < -0.39 is 6.16 Å². The zero-order valence-corrected chi connectivity index (χ0v) is 7.42. The van der Waals surface area contributed by atoms with Crippen LogP contribution in [-0.4, -0.2) is 19.4 Å². The highest BCUT2D eigenvalue weighted by Crippen LogP contribution is 2.01. The first-order chi connectivity index (χ1) is 5.20. The summed E-state index contributed by atoms with van der Waals surface area (Å²) in [7, 11) is 0. The molecule has 0 fully saturated rings. The SMILES string of the molecule is CCOC(=O)OCC(C)CC. The number of carbonyl (C=O) groups excluding carboxylic acids is 1. The quantitative estimate of drug-likeness (QED) is 0.591. The van der Waals surface area contributed by atoms with E-state index in [-0.39, 0.29) is 0 Å². The summed E-state index contributed by atoms with van der Waals surface area (Å²) in [6.07, 6.45) is 0.451. The van der Waals surface area contributed by atoms with Crippen LogP contribution < -0.4 is 0 Å². The second-order valence-electron chi connectivity index (χ2n) is 2.51. The smallest absolute Gasteiger partial charge is 0.435 e. The Labute approximate surface area is 67.7 Å². The molecule has 0 bridgehead atoms. The molecule has 0 aromatic carbocycles. The van der Waals surface area contributed by atoms with E-state index in [9.17, 15) is 4.79 Å². The fourth-order valence-electron chi connectivity index (χ4n) is 0.488. The summed E-state index contributed by atoms with van der Waals surface area (Å²) in [6, 6.07) is 0. The van der Waals surface area contributed by atoms with Crippen molar-refractivity contribution in [2.24, 2.45) is 5.92 Å². The van der Waals surface area contributed by atoms with Gasteiger partial charge in [0.15, 0.2) is 0 Å². The van der Waals surface area contributed by atoms with Gasteiger partial charge in [0, 0.05) is 0 Å². The van der Waals surface area contributed by atoms with Crippen LogP contribution in [0.1, 0.15) is 27.2 Å². The van der Waals surface area contributed by atoms with Crippen molar-refractivity contribution in [1.82, 2.24) is 0 Å². The number of hydrogen-bond donors (Lipinski definition) is 0. The van der Waals surface area contributed by atoms with Crippen molar-refractivity contribution in [3.8, 4) is 0 Å². The van der Waals surface area contributed by atoms with Gasteiger partial charge in [0.25, 0.3) is 0 Å².